The second kappa shape index (κ2) is 6.42. The highest BCUT2D eigenvalue weighted by molar-refractivity contribution is 5.85. The van der Waals surface area contributed by atoms with Crippen molar-refractivity contribution in [1.82, 2.24) is 4.90 Å². The summed E-state index contributed by atoms with van der Waals surface area (Å²) >= 11 is 0. The van der Waals surface area contributed by atoms with Gasteiger partial charge in [-0.25, -0.2) is 4.39 Å². The van der Waals surface area contributed by atoms with E-state index < -0.39 is 0 Å². The first-order valence-electron chi connectivity index (χ1n) is 7.40. The number of fused-ring (bicyclic) bond motifs is 1. The number of hydrogen-bond acceptors (Lipinski definition) is 2. The number of likely N-dealkylation sites (tertiary alicyclic amines) is 1. The molecule has 1 aromatic carbocycles. The largest absolute Gasteiger partial charge is 0.327 e. The van der Waals surface area contributed by atoms with Crippen LogP contribution >= 0.6 is 12.4 Å². The van der Waals surface area contributed by atoms with Crippen LogP contribution in [0.1, 0.15) is 37.8 Å². The fraction of sp³-hybridized carbons (Fsp3) is 0.625. The van der Waals surface area contributed by atoms with E-state index in [-0.39, 0.29) is 18.2 Å². The van der Waals surface area contributed by atoms with Crippen LogP contribution in [0.5, 0.6) is 0 Å². The zero-order valence-corrected chi connectivity index (χ0v) is 12.8. The Bertz CT molecular complexity index is 437. The van der Waals surface area contributed by atoms with E-state index >= 15 is 0 Å². The van der Waals surface area contributed by atoms with Crippen LogP contribution in [-0.4, -0.2) is 24.0 Å². The fourth-order valence-electron chi connectivity index (χ4n) is 3.82. The third-order valence-corrected chi connectivity index (χ3v) is 5.08. The maximum atomic E-state index is 13.0. The fourth-order valence-corrected chi connectivity index (χ4v) is 3.82. The number of hydrogen-bond donors (Lipinski definition) is 1. The minimum Gasteiger partial charge on any atom is -0.327 e. The molecule has 4 unspecified atom stereocenters. The first kappa shape index (κ1) is 15.7. The Hall–Kier alpha value is -0.640. The van der Waals surface area contributed by atoms with E-state index in [4.69, 9.17) is 5.73 Å². The second-order valence-corrected chi connectivity index (χ2v) is 6.20. The summed E-state index contributed by atoms with van der Waals surface area (Å²) in [5.74, 6) is 1.27. The smallest absolute Gasteiger partial charge is 0.123 e. The lowest BCUT2D eigenvalue weighted by molar-refractivity contribution is 0.245. The molecule has 4 atom stereocenters. The van der Waals surface area contributed by atoms with Gasteiger partial charge in [0.2, 0.25) is 0 Å². The lowest BCUT2D eigenvalue weighted by Gasteiger charge is -2.30. The topological polar surface area (TPSA) is 29.3 Å². The van der Waals surface area contributed by atoms with Crippen molar-refractivity contribution in [3.05, 3.63) is 35.6 Å². The van der Waals surface area contributed by atoms with Crippen LogP contribution in [0.15, 0.2) is 24.3 Å². The summed E-state index contributed by atoms with van der Waals surface area (Å²) in [6, 6.07) is 7.66. The van der Waals surface area contributed by atoms with Gasteiger partial charge in [-0.3, -0.25) is 4.90 Å². The Balaban J connectivity index is 0.00000147. The summed E-state index contributed by atoms with van der Waals surface area (Å²) in [4.78, 5) is 2.52. The summed E-state index contributed by atoms with van der Waals surface area (Å²) in [6.45, 7) is 4.47. The molecular formula is C16H24ClFN2. The van der Waals surface area contributed by atoms with Crippen molar-refractivity contribution in [3.8, 4) is 0 Å². The normalized spacial score (nSPS) is 31.4. The van der Waals surface area contributed by atoms with Crippen LogP contribution in [0.25, 0.3) is 0 Å². The Kier molecular flexibility index (Phi) is 5.05. The quantitative estimate of drug-likeness (QED) is 0.907. The number of nitrogens with zero attached hydrogens (tertiary/aromatic N) is 1. The van der Waals surface area contributed by atoms with E-state index in [1.165, 1.54) is 24.8 Å². The predicted octanol–water partition coefficient (Wildman–Crippen LogP) is 3.37. The number of benzene rings is 1. The van der Waals surface area contributed by atoms with E-state index in [1.807, 2.05) is 12.1 Å². The van der Waals surface area contributed by atoms with Crippen molar-refractivity contribution in [2.75, 3.05) is 13.1 Å². The SMILES string of the molecule is CC(c1ccc(F)cc1)N1CC2CCCC(N)C2C1.Cl. The molecule has 1 aromatic rings. The first-order valence-corrected chi connectivity index (χ1v) is 7.40. The van der Waals surface area contributed by atoms with Gasteiger partial charge in [-0.1, -0.05) is 18.6 Å². The highest BCUT2D eigenvalue weighted by Gasteiger charge is 2.40. The summed E-state index contributed by atoms with van der Waals surface area (Å²) in [6.07, 6.45) is 3.78. The molecule has 2 fully saturated rings. The van der Waals surface area contributed by atoms with Gasteiger partial charge in [0.15, 0.2) is 0 Å². The number of halogens is 2. The van der Waals surface area contributed by atoms with Crippen LogP contribution in [0.4, 0.5) is 4.39 Å². The molecule has 2 N–H and O–H groups in total. The van der Waals surface area contributed by atoms with E-state index in [1.54, 1.807) is 12.1 Å². The molecule has 1 saturated heterocycles. The van der Waals surface area contributed by atoms with Crippen molar-refractivity contribution in [3.63, 3.8) is 0 Å². The van der Waals surface area contributed by atoms with E-state index in [2.05, 4.69) is 11.8 Å². The molecular weight excluding hydrogens is 275 g/mol. The van der Waals surface area contributed by atoms with Gasteiger partial charge >= 0.3 is 0 Å². The molecule has 0 amide bonds. The maximum absolute atomic E-state index is 13.0. The zero-order valence-electron chi connectivity index (χ0n) is 12.0. The molecule has 0 spiro atoms. The second-order valence-electron chi connectivity index (χ2n) is 6.20. The minimum absolute atomic E-state index is 0. The maximum Gasteiger partial charge on any atom is 0.123 e. The van der Waals surface area contributed by atoms with Crippen LogP contribution in [0, 0.1) is 17.7 Å². The van der Waals surface area contributed by atoms with E-state index in [0.717, 1.165) is 19.0 Å². The van der Waals surface area contributed by atoms with Crippen LogP contribution < -0.4 is 5.73 Å². The lowest BCUT2D eigenvalue weighted by Crippen LogP contribution is -2.38. The Morgan fingerprint density at radius 3 is 2.55 bits per heavy atom. The molecule has 20 heavy (non-hydrogen) atoms. The van der Waals surface area contributed by atoms with Crippen molar-refractivity contribution in [2.45, 2.75) is 38.3 Å². The van der Waals surface area contributed by atoms with Crippen LogP contribution in [0.3, 0.4) is 0 Å². The summed E-state index contributed by atoms with van der Waals surface area (Å²) in [7, 11) is 0. The van der Waals surface area contributed by atoms with Gasteiger partial charge in [-0.2, -0.15) is 0 Å². The van der Waals surface area contributed by atoms with Gasteiger partial charge in [-0.05, 0) is 49.3 Å². The van der Waals surface area contributed by atoms with Gasteiger partial charge in [0.05, 0.1) is 0 Å². The predicted molar refractivity (Wildman–Crippen MR) is 82.4 cm³/mol. The minimum atomic E-state index is -0.159. The van der Waals surface area contributed by atoms with Crippen molar-refractivity contribution >= 4 is 12.4 Å². The zero-order chi connectivity index (χ0) is 13.4. The van der Waals surface area contributed by atoms with Crippen LogP contribution in [0.2, 0.25) is 0 Å². The molecule has 1 heterocycles. The molecule has 1 aliphatic heterocycles. The molecule has 0 aromatic heterocycles. The van der Waals surface area contributed by atoms with Gasteiger partial charge in [-0.15, -0.1) is 12.4 Å². The highest BCUT2D eigenvalue weighted by Crippen LogP contribution is 2.38. The number of nitrogens with two attached hydrogens (primary N) is 1. The highest BCUT2D eigenvalue weighted by atomic mass is 35.5. The molecule has 3 rings (SSSR count). The monoisotopic (exact) mass is 298 g/mol. The molecule has 2 nitrogen and oxygen atoms in total. The van der Waals surface area contributed by atoms with Crippen molar-refractivity contribution in [1.29, 1.82) is 0 Å². The molecule has 0 bridgehead atoms. The Morgan fingerprint density at radius 2 is 1.90 bits per heavy atom. The molecule has 112 valence electrons. The molecule has 1 aliphatic carbocycles. The van der Waals surface area contributed by atoms with Gasteiger partial charge in [0.25, 0.3) is 0 Å². The standard InChI is InChI=1S/C16H23FN2.ClH/c1-11(12-5-7-14(17)8-6-12)19-9-13-3-2-4-16(18)15(13)10-19;/h5-8,11,13,15-16H,2-4,9-10,18H2,1H3;1H. The van der Waals surface area contributed by atoms with Gasteiger partial charge < -0.3 is 5.73 Å². The summed E-state index contributed by atoms with van der Waals surface area (Å²) < 4.78 is 13.0. The first-order chi connectivity index (χ1) is 9.15. The third kappa shape index (κ3) is 3.00. The van der Waals surface area contributed by atoms with Crippen LogP contribution in [-0.2, 0) is 0 Å². The van der Waals surface area contributed by atoms with E-state index in [9.17, 15) is 4.39 Å². The van der Waals surface area contributed by atoms with Gasteiger partial charge in [0, 0.05) is 25.2 Å². The lowest BCUT2D eigenvalue weighted by atomic mass is 9.78. The molecule has 2 aliphatic rings. The summed E-state index contributed by atoms with van der Waals surface area (Å²) in [5.41, 5.74) is 7.47. The van der Waals surface area contributed by atoms with Gasteiger partial charge in [0.1, 0.15) is 5.82 Å². The van der Waals surface area contributed by atoms with Crippen molar-refractivity contribution < 1.29 is 4.39 Å². The molecule has 0 radical (unpaired) electrons. The average Bonchev–Trinajstić information content (AvgIpc) is 2.84. The number of rotatable bonds is 2. The molecule has 1 saturated carbocycles. The molecule has 4 heteroatoms. The Labute approximate surface area is 126 Å². The van der Waals surface area contributed by atoms with E-state index in [0.29, 0.717) is 18.0 Å². The summed E-state index contributed by atoms with van der Waals surface area (Å²) in [5, 5.41) is 0. The Morgan fingerprint density at radius 1 is 1.20 bits per heavy atom. The third-order valence-electron chi connectivity index (χ3n) is 5.08. The van der Waals surface area contributed by atoms with Crippen molar-refractivity contribution in [2.24, 2.45) is 17.6 Å². The average molecular weight is 299 g/mol.